The minimum atomic E-state index is -2.10. The van der Waals surface area contributed by atoms with Crippen LogP contribution in [0.15, 0.2) is 42.5 Å². The van der Waals surface area contributed by atoms with E-state index in [0.29, 0.717) is 11.3 Å². The van der Waals surface area contributed by atoms with Crippen LogP contribution in [0.1, 0.15) is 53.7 Å². The van der Waals surface area contributed by atoms with E-state index >= 15 is 0 Å². The molecule has 10 heteroatoms. The highest BCUT2D eigenvalue weighted by Crippen LogP contribution is 2.61. The second-order valence-electron chi connectivity index (χ2n) is 7.52. The van der Waals surface area contributed by atoms with E-state index in [1.165, 1.54) is 0 Å². The van der Waals surface area contributed by atoms with E-state index in [1.54, 1.807) is 43.3 Å². The molecule has 0 aromatic heterocycles. The Bertz CT molecular complexity index is 1030. The fourth-order valence-corrected chi connectivity index (χ4v) is 4.36. The van der Waals surface area contributed by atoms with Gasteiger partial charge in [-0.05, 0) is 24.5 Å². The van der Waals surface area contributed by atoms with Crippen LogP contribution < -0.4 is 4.74 Å². The average molecular weight is 618 g/mol. The zero-order valence-corrected chi connectivity index (χ0v) is 21.9. The van der Waals surface area contributed by atoms with Crippen molar-refractivity contribution in [1.29, 1.82) is 0 Å². The van der Waals surface area contributed by atoms with E-state index in [1.807, 2.05) is 19.9 Å². The first-order chi connectivity index (χ1) is 14.5. The number of ketones is 1. The normalized spacial score (nSPS) is 22.6. The molecular formula is C21H21BBr3NO5. The highest BCUT2D eigenvalue weighted by atomic mass is 79.9. The third-order valence-corrected chi connectivity index (χ3v) is 5.63. The summed E-state index contributed by atoms with van der Waals surface area (Å²) in [4.78, 5) is 26.6. The number of rotatable bonds is 3. The third kappa shape index (κ3) is 3.65. The van der Waals surface area contributed by atoms with Gasteiger partial charge in [-0.1, -0.05) is 50.2 Å². The standard InChI is InChI=1S/C21H21NO5.BBr3/c1-4-22(19(24)25)20-16-10-9-13(12(2)3)11-17(16)27-21(20,26)15-8-6-5-7-14(15)18(20)23;2-1(3)4/h5-12,26H,4H2,1-3H3,(H,24,25);/t20-,21-;/m0./s1. The highest BCUT2D eigenvalue weighted by Gasteiger charge is 2.74. The predicted octanol–water partition coefficient (Wildman–Crippen LogP) is 5.60. The van der Waals surface area contributed by atoms with Crippen molar-refractivity contribution < 1.29 is 24.5 Å². The molecule has 2 aromatic carbocycles. The van der Waals surface area contributed by atoms with Crippen molar-refractivity contribution in [2.45, 2.75) is 38.0 Å². The van der Waals surface area contributed by atoms with Crippen molar-refractivity contribution in [3.63, 3.8) is 0 Å². The number of likely N-dealkylation sites (N-methyl/N-ethyl adjacent to an activating group) is 1. The van der Waals surface area contributed by atoms with E-state index in [2.05, 4.69) is 47.3 Å². The van der Waals surface area contributed by atoms with Gasteiger partial charge < -0.3 is 14.9 Å². The smallest absolute Gasteiger partial charge is 0.408 e. The summed E-state index contributed by atoms with van der Waals surface area (Å²) < 4.78 is 6.24. The van der Waals surface area contributed by atoms with Crippen LogP contribution in [-0.2, 0) is 11.3 Å². The van der Waals surface area contributed by atoms with Crippen molar-refractivity contribution in [3.05, 3.63) is 64.7 Å². The molecule has 0 saturated heterocycles. The van der Waals surface area contributed by atoms with Crippen LogP contribution in [0.25, 0.3) is 0 Å². The molecule has 1 amide bonds. The van der Waals surface area contributed by atoms with Crippen LogP contribution in [0.5, 0.6) is 5.75 Å². The number of amides is 1. The fourth-order valence-electron chi connectivity index (χ4n) is 4.36. The van der Waals surface area contributed by atoms with Gasteiger partial charge in [0.25, 0.3) is 5.79 Å². The maximum atomic E-state index is 13.5. The van der Waals surface area contributed by atoms with E-state index in [4.69, 9.17) is 4.74 Å². The molecule has 2 aliphatic rings. The molecule has 0 spiro atoms. The molecule has 1 aliphatic carbocycles. The molecule has 6 nitrogen and oxygen atoms in total. The lowest BCUT2D eigenvalue weighted by Crippen LogP contribution is -2.61. The quantitative estimate of drug-likeness (QED) is 0.439. The van der Waals surface area contributed by atoms with Crippen molar-refractivity contribution in [2.75, 3.05) is 6.54 Å². The molecule has 4 rings (SSSR count). The molecule has 2 aromatic rings. The first-order valence-corrected chi connectivity index (χ1v) is 12.4. The predicted molar refractivity (Wildman–Crippen MR) is 130 cm³/mol. The third-order valence-electron chi connectivity index (χ3n) is 5.63. The van der Waals surface area contributed by atoms with Gasteiger partial charge in [0.1, 0.15) is 5.75 Å². The minimum Gasteiger partial charge on any atom is -0.465 e. The number of Topliss-reactive ketones (excluding diaryl/α,β-unsaturated/α-hetero) is 1. The molecule has 0 radical (unpaired) electrons. The first kappa shape index (κ1) is 24.3. The Hall–Kier alpha value is -1.36. The maximum absolute atomic E-state index is 13.5. The highest BCUT2D eigenvalue weighted by molar-refractivity contribution is 9.69. The minimum absolute atomic E-state index is 0.0199. The number of ether oxygens (including phenoxy) is 1. The number of carbonyl (C=O) groups is 2. The van der Waals surface area contributed by atoms with Gasteiger partial charge in [0.05, 0.1) is 0 Å². The summed E-state index contributed by atoms with van der Waals surface area (Å²) in [5.41, 5.74) is 0.0592. The number of nitrogens with zero attached hydrogens (tertiary/aromatic N) is 1. The summed E-state index contributed by atoms with van der Waals surface area (Å²) in [5.74, 6) is -2.02. The van der Waals surface area contributed by atoms with Crippen molar-refractivity contribution in [3.8, 4) is 5.75 Å². The van der Waals surface area contributed by atoms with Crippen LogP contribution in [0.4, 0.5) is 4.79 Å². The zero-order valence-electron chi connectivity index (χ0n) is 17.1. The molecule has 1 heterocycles. The van der Waals surface area contributed by atoms with Gasteiger partial charge in [0.15, 0.2) is 0 Å². The van der Waals surface area contributed by atoms with Crippen molar-refractivity contribution in [1.82, 2.24) is 4.90 Å². The summed E-state index contributed by atoms with van der Waals surface area (Å²) in [6.45, 7) is 5.71. The topological polar surface area (TPSA) is 87.1 Å². The Balaban J connectivity index is 0.000000628. The molecule has 2 atom stereocenters. The number of halogens is 3. The van der Waals surface area contributed by atoms with Gasteiger partial charge in [-0.3, -0.25) is 9.69 Å². The monoisotopic (exact) mass is 615 g/mol. The Labute approximate surface area is 206 Å². The largest absolute Gasteiger partial charge is 0.465 e. The molecule has 0 unspecified atom stereocenters. The van der Waals surface area contributed by atoms with Gasteiger partial charge in [-0.2, -0.15) is 0 Å². The van der Waals surface area contributed by atoms with Gasteiger partial charge in [-0.25, -0.2) is 4.79 Å². The van der Waals surface area contributed by atoms with Crippen LogP contribution in [0.3, 0.4) is 0 Å². The molecule has 1 aliphatic heterocycles. The van der Waals surface area contributed by atoms with Crippen LogP contribution >= 0.6 is 47.3 Å². The lowest BCUT2D eigenvalue weighted by Gasteiger charge is -2.40. The number of hydrogen-bond acceptors (Lipinski definition) is 4. The molecular weight excluding hydrogens is 597 g/mol. The van der Waals surface area contributed by atoms with Crippen molar-refractivity contribution >= 4 is 62.3 Å². The second-order valence-corrected chi connectivity index (χ2v) is 13.9. The number of carbonyl (C=O) groups excluding carboxylic acids is 1. The number of benzene rings is 2. The Kier molecular flexibility index (Phi) is 6.96. The number of fused-ring (bicyclic) bond motifs is 5. The average Bonchev–Trinajstić information content (AvgIpc) is 3.06. The lowest BCUT2D eigenvalue weighted by atomic mass is 9.80. The van der Waals surface area contributed by atoms with Gasteiger partial charge in [-0.15, -0.1) is 47.3 Å². The molecule has 0 saturated carbocycles. The summed E-state index contributed by atoms with van der Waals surface area (Å²) in [7, 11) is 0. The molecule has 164 valence electrons. The van der Waals surface area contributed by atoms with Crippen LogP contribution in [0.2, 0.25) is 0 Å². The number of aliphatic hydroxyl groups is 1. The van der Waals surface area contributed by atoms with E-state index in [9.17, 15) is 19.8 Å². The molecule has 0 bridgehead atoms. The Morgan fingerprint density at radius 1 is 1.16 bits per heavy atom. The van der Waals surface area contributed by atoms with Crippen LogP contribution in [-0.4, -0.2) is 36.7 Å². The Morgan fingerprint density at radius 3 is 2.32 bits per heavy atom. The Morgan fingerprint density at radius 2 is 1.77 bits per heavy atom. The number of hydrogen-bond donors (Lipinski definition) is 2. The van der Waals surface area contributed by atoms with Gasteiger partial charge >= 0.3 is 9.28 Å². The zero-order chi connectivity index (χ0) is 23.1. The summed E-state index contributed by atoms with van der Waals surface area (Å²) in [6, 6.07) is 11.9. The first-order valence-electron chi connectivity index (χ1n) is 9.65. The SMILES string of the molecule is BrB(Br)Br.CCN(C(=O)O)[C@@]12C(=O)c3ccccc3[C@]1(O)Oc1cc(C(C)C)ccc12. The lowest BCUT2D eigenvalue weighted by molar-refractivity contribution is -0.195. The van der Waals surface area contributed by atoms with Crippen molar-refractivity contribution in [2.24, 2.45) is 0 Å². The van der Waals surface area contributed by atoms with E-state index in [-0.39, 0.29) is 26.8 Å². The molecule has 31 heavy (non-hydrogen) atoms. The second kappa shape index (κ2) is 8.88. The van der Waals surface area contributed by atoms with Crippen LogP contribution in [0, 0.1) is 0 Å². The number of carboxylic acid groups (broad SMARTS) is 1. The van der Waals surface area contributed by atoms with Gasteiger partial charge in [0, 0.05) is 23.2 Å². The van der Waals surface area contributed by atoms with E-state index in [0.717, 1.165) is 10.5 Å². The summed E-state index contributed by atoms with van der Waals surface area (Å²) in [6.07, 6.45) is -1.29. The molecule has 2 N–H and O–H groups in total. The fraction of sp³-hybridized carbons (Fsp3) is 0.333. The van der Waals surface area contributed by atoms with E-state index < -0.39 is 23.2 Å². The van der Waals surface area contributed by atoms with Gasteiger partial charge in [0.2, 0.25) is 11.3 Å². The maximum Gasteiger partial charge on any atom is 0.408 e. The summed E-state index contributed by atoms with van der Waals surface area (Å²) in [5, 5.41) is 21.5. The molecule has 0 fully saturated rings. The summed E-state index contributed by atoms with van der Waals surface area (Å²) >= 11 is 9.31.